The first-order valence-electron chi connectivity index (χ1n) is 6.27. The van der Waals surface area contributed by atoms with Gasteiger partial charge in [0.05, 0.1) is 12.0 Å². The van der Waals surface area contributed by atoms with Crippen molar-refractivity contribution < 1.29 is 13.2 Å². The minimum absolute atomic E-state index is 0.241. The lowest BCUT2D eigenvalue weighted by atomic mass is 10.2. The Morgan fingerprint density at radius 2 is 1.90 bits per heavy atom. The summed E-state index contributed by atoms with van der Waals surface area (Å²) in [5.41, 5.74) is 1.39. The van der Waals surface area contributed by atoms with Crippen LogP contribution in [0.4, 0.5) is 5.69 Å². The number of nitrogens with one attached hydrogen (secondary N) is 1. The highest BCUT2D eigenvalue weighted by atomic mass is 35.5. The van der Waals surface area contributed by atoms with E-state index < -0.39 is 9.84 Å². The second-order valence-corrected chi connectivity index (χ2v) is 6.97. The summed E-state index contributed by atoms with van der Waals surface area (Å²) < 4.78 is 28.8. The van der Waals surface area contributed by atoms with E-state index >= 15 is 0 Å². The molecule has 0 saturated carbocycles. The average Bonchev–Trinajstić information content (AvgIpc) is 2.45. The van der Waals surface area contributed by atoms with Crippen molar-refractivity contribution in [2.75, 3.05) is 18.7 Å². The van der Waals surface area contributed by atoms with Gasteiger partial charge in [-0.25, -0.2) is 8.42 Å². The standard InChI is InChI=1S/C15H16ClNO3S/c1-20-12-6-3-5-11(9-12)17-10-13-14(16)7-4-8-15(13)21(2,18)19/h3-9,17H,10H2,1-2H3. The van der Waals surface area contributed by atoms with Crippen molar-refractivity contribution in [3.8, 4) is 5.75 Å². The van der Waals surface area contributed by atoms with Crippen LogP contribution in [0, 0.1) is 0 Å². The molecule has 0 saturated heterocycles. The van der Waals surface area contributed by atoms with Crippen molar-refractivity contribution in [3.05, 3.63) is 53.1 Å². The number of halogens is 1. The number of hydrogen-bond donors (Lipinski definition) is 1. The third kappa shape index (κ3) is 3.89. The fraction of sp³-hybridized carbons (Fsp3) is 0.200. The molecule has 2 aromatic carbocycles. The van der Waals surface area contributed by atoms with Crippen LogP contribution in [0.15, 0.2) is 47.4 Å². The maximum atomic E-state index is 11.8. The lowest BCUT2D eigenvalue weighted by Gasteiger charge is -2.12. The summed E-state index contributed by atoms with van der Waals surface area (Å²) in [5.74, 6) is 0.725. The van der Waals surface area contributed by atoms with Gasteiger partial charge in [0, 0.05) is 35.1 Å². The van der Waals surface area contributed by atoms with Gasteiger partial charge in [-0.05, 0) is 24.3 Å². The molecule has 0 bridgehead atoms. The Labute approximate surface area is 129 Å². The first-order valence-corrected chi connectivity index (χ1v) is 8.54. The minimum Gasteiger partial charge on any atom is -0.497 e. The molecule has 0 radical (unpaired) electrons. The molecule has 0 aliphatic heterocycles. The lowest BCUT2D eigenvalue weighted by Crippen LogP contribution is -2.07. The van der Waals surface area contributed by atoms with E-state index in [1.165, 1.54) is 6.26 Å². The van der Waals surface area contributed by atoms with Crippen molar-refractivity contribution in [3.63, 3.8) is 0 Å². The maximum Gasteiger partial charge on any atom is 0.175 e. The van der Waals surface area contributed by atoms with Crippen LogP contribution in [-0.4, -0.2) is 21.8 Å². The second kappa shape index (κ2) is 6.37. The monoisotopic (exact) mass is 325 g/mol. The predicted octanol–water partition coefficient (Wildman–Crippen LogP) is 3.36. The van der Waals surface area contributed by atoms with E-state index in [-0.39, 0.29) is 4.90 Å². The van der Waals surface area contributed by atoms with Gasteiger partial charge >= 0.3 is 0 Å². The van der Waals surface area contributed by atoms with Crippen LogP contribution in [0.2, 0.25) is 5.02 Å². The molecule has 0 fully saturated rings. The molecule has 0 atom stereocenters. The van der Waals surface area contributed by atoms with Gasteiger partial charge in [0.25, 0.3) is 0 Å². The molecule has 2 aromatic rings. The fourth-order valence-electron chi connectivity index (χ4n) is 1.98. The Bertz CT molecular complexity index is 744. The molecule has 0 spiro atoms. The van der Waals surface area contributed by atoms with Crippen LogP contribution in [0.25, 0.3) is 0 Å². The van der Waals surface area contributed by atoms with Crippen LogP contribution < -0.4 is 10.1 Å². The van der Waals surface area contributed by atoms with E-state index in [9.17, 15) is 8.42 Å². The molecule has 112 valence electrons. The van der Waals surface area contributed by atoms with Gasteiger partial charge in [-0.2, -0.15) is 0 Å². The Kier molecular flexibility index (Phi) is 4.75. The minimum atomic E-state index is -3.32. The number of ether oxygens (including phenoxy) is 1. The molecule has 1 N–H and O–H groups in total. The quantitative estimate of drug-likeness (QED) is 0.915. The highest BCUT2D eigenvalue weighted by molar-refractivity contribution is 7.90. The van der Waals surface area contributed by atoms with Gasteiger partial charge in [0.15, 0.2) is 9.84 Å². The van der Waals surface area contributed by atoms with Crippen LogP contribution in [-0.2, 0) is 16.4 Å². The lowest BCUT2D eigenvalue weighted by molar-refractivity contribution is 0.415. The molecular formula is C15H16ClNO3S. The van der Waals surface area contributed by atoms with Gasteiger partial charge in [0.1, 0.15) is 5.75 Å². The first-order chi connectivity index (χ1) is 9.91. The number of anilines is 1. The molecule has 2 rings (SSSR count). The molecule has 0 aromatic heterocycles. The van der Waals surface area contributed by atoms with Gasteiger partial charge in [-0.1, -0.05) is 23.7 Å². The van der Waals surface area contributed by atoms with E-state index in [2.05, 4.69) is 5.32 Å². The van der Waals surface area contributed by atoms with Crippen molar-refractivity contribution in [2.45, 2.75) is 11.4 Å². The molecule has 0 aliphatic rings. The summed E-state index contributed by atoms with van der Waals surface area (Å²) in [6, 6.07) is 12.3. The molecule has 6 heteroatoms. The number of benzene rings is 2. The zero-order chi connectivity index (χ0) is 15.5. The number of sulfone groups is 1. The molecule has 0 unspecified atom stereocenters. The smallest absolute Gasteiger partial charge is 0.175 e. The number of hydrogen-bond acceptors (Lipinski definition) is 4. The summed E-state index contributed by atoms with van der Waals surface area (Å²) in [5, 5.41) is 3.58. The third-order valence-electron chi connectivity index (χ3n) is 3.01. The molecule has 0 amide bonds. The SMILES string of the molecule is COc1cccc(NCc2c(Cl)cccc2S(C)(=O)=O)c1. The second-order valence-electron chi connectivity index (χ2n) is 4.57. The molecular weight excluding hydrogens is 310 g/mol. The summed E-state index contributed by atoms with van der Waals surface area (Å²) in [6.45, 7) is 0.315. The number of methoxy groups -OCH3 is 1. The van der Waals surface area contributed by atoms with Crippen LogP contribution in [0.5, 0.6) is 5.75 Å². The molecule has 4 nitrogen and oxygen atoms in total. The van der Waals surface area contributed by atoms with E-state index in [1.807, 2.05) is 24.3 Å². The van der Waals surface area contributed by atoms with E-state index in [0.29, 0.717) is 17.1 Å². The largest absolute Gasteiger partial charge is 0.497 e. The van der Waals surface area contributed by atoms with Crippen molar-refractivity contribution in [1.29, 1.82) is 0 Å². The Hall–Kier alpha value is -1.72. The topological polar surface area (TPSA) is 55.4 Å². The number of rotatable bonds is 5. The van der Waals surface area contributed by atoms with Crippen molar-refractivity contribution >= 4 is 27.1 Å². The van der Waals surface area contributed by atoms with Crippen LogP contribution >= 0.6 is 11.6 Å². The van der Waals surface area contributed by atoms with Crippen LogP contribution in [0.1, 0.15) is 5.56 Å². The molecule has 0 aliphatic carbocycles. The van der Waals surface area contributed by atoms with Crippen LogP contribution in [0.3, 0.4) is 0 Å². The average molecular weight is 326 g/mol. The summed E-state index contributed by atoms with van der Waals surface area (Å²) >= 11 is 6.13. The summed E-state index contributed by atoms with van der Waals surface area (Å²) in [4.78, 5) is 0.241. The maximum absolute atomic E-state index is 11.8. The van der Waals surface area contributed by atoms with E-state index in [1.54, 1.807) is 25.3 Å². The molecule has 21 heavy (non-hydrogen) atoms. The normalized spacial score (nSPS) is 11.2. The van der Waals surface area contributed by atoms with E-state index in [0.717, 1.165) is 11.4 Å². The highest BCUT2D eigenvalue weighted by Crippen LogP contribution is 2.25. The van der Waals surface area contributed by atoms with Crippen molar-refractivity contribution in [1.82, 2.24) is 0 Å². The zero-order valence-corrected chi connectivity index (χ0v) is 13.3. The van der Waals surface area contributed by atoms with Gasteiger partial charge in [-0.15, -0.1) is 0 Å². The van der Waals surface area contributed by atoms with Crippen molar-refractivity contribution in [2.24, 2.45) is 0 Å². The Morgan fingerprint density at radius 3 is 2.57 bits per heavy atom. The fourth-order valence-corrected chi connectivity index (χ4v) is 3.23. The highest BCUT2D eigenvalue weighted by Gasteiger charge is 2.15. The van der Waals surface area contributed by atoms with E-state index in [4.69, 9.17) is 16.3 Å². The van der Waals surface area contributed by atoms with Gasteiger partial charge < -0.3 is 10.1 Å². The summed E-state index contributed by atoms with van der Waals surface area (Å²) in [6.07, 6.45) is 1.17. The molecule has 0 heterocycles. The Morgan fingerprint density at radius 1 is 1.19 bits per heavy atom. The van der Waals surface area contributed by atoms with Gasteiger partial charge in [0.2, 0.25) is 0 Å². The predicted molar refractivity (Wildman–Crippen MR) is 84.9 cm³/mol. The zero-order valence-electron chi connectivity index (χ0n) is 11.8. The third-order valence-corrected chi connectivity index (χ3v) is 4.55. The summed E-state index contributed by atoms with van der Waals surface area (Å²) in [7, 11) is -1.73. The van der Waals surface area contributed by atoms with Gasteiger partial charge in [-0.3, -0.25) is 0 Å². The Balaban J connectivity index is 2.28. The first kappa shape index (κ1) is 15.7.